The van der Waals surface area contributed by atoms with E-state index in [4.69, 9.17) is 11.6 Å². The lowest BCUT2D eigenvalue weighted by atomic mass is 10.1. The first kappa shape index (κ1) is 10.9. The summed E-state index contributed by atoms with van der Waals surface area (Å²) in [6.07, 6.45) is 0.665. The third-order valence-electron chi connectivity index (χ3n) is 2.28. The van der Waals surface area contributed by atoms with Gasteiger partial charge in [0.2, 0.25) is 0 Å². The summed E-state index contributed by atoms with van der Waals surface area (Å²) < 4.78 is 0. The number of benzene rings is 1. The Morgan fingerprint density at radius 2 is 2.19 bits per heavy atom. The quantitative estimate of drug-likeness (QED) is 0.867. The van der Waals surface area contributed by atoms with E-state index < -0.39 is 0 Å². The monoisotopic (exact) mass is 234 g/mol. The Kier molecular flexibility index (Phi) is 3.06. The first-order valence-corrected chi connectivity index (χ1v) is 5.32. The summed E-state index contributed by atoms with van der Waals surface area (Å²) in [5, 5.41) is 6.49. The Morgan fingerprint density at radius 3 is 2.88 bits per heavy atom. The molecule has 0 radical (unpaired) electrons. The summed E-state index contributed by atoms with van der Waals surface area (Å²) in [5.74, 6) is 0. The van der Waals surface area contributed by atoms with Crippen LogP contribution in [-0.4, -0.2) is 10.2 Å². The molecule has 16 heavy (non-hydrogen) atoms. The van der Waals surface area contributed by atoms with E-state index in [9.17, 15) is 4.79 Å². The fourth-order valence-corrected chi connectivity index (χ4v) is 1.71. The molecule has 4 heteroatoms. The number of nitrogens with one attached hydrogen (secondary N) is 1. The molecule has 0 aliphatic rings. The summed E-state index contributed by atoms with van der Waals surface area (Å²) in [6, 6.07) is 9.74. The normalized spacial score (nSPS) is 10.4. The molecule has 0 aliphatic heterocycles. The Labute approximate surface area is 98.1 Å². The zero-order valence-corrected chi connectivity index (χ0v) is 9.58. The second-order valence-electron chi connectivity index (χ2n) is 3.70. The fourth-order valence-electron chi connectivity index (χ4n) is 1.54. The largest absolute Gasteiger partial charge is 0.282 e. The number of hydrogen-bond acceptors (Lipinski definition) is 2. The molecule has 3 nitrogen and oxygen atoms in total. The van der Waals surface area contributed by atoms with Gasteiger partial charge in [-0.2, -0.15) is 5.10 Å². The van der Waals surface area contributed by atoms with Gasteiger partial charge in [0.25, 0.3) is 5.56 Å². The predicted molar refractivity (Wildman–Crippen MR) is 63.9 cm³/mol. The van der Waals surface area contributed by atoms with Gasteiger partial charge in [-0.05, 0) is 18.6 Å². The number of nitrogens with zero attached hydrogens (tertiary/aromatic N) is 1. The number of halogens is 1. The molecule has 0 bridgehead atoms. The molecule has 1 N–H and O–H groups in total. The van der Waals surface area contributed by atoms with Crippen molar-refractivity contribution < 1.29 is 0 Å². The number of aromatic nitrogens is 2. The van der Waals surface area contributed by atoms with Gasteiger partial charge < -0.3 is 0 Å². The molecule has 0 aliphatic carbocycles. The first-order valence-electron chi connectivity index (χ1n) is 4.95. The van der Waals surface area contributed by atoms with Crippen LogP contribution in [0.3, 0.4) is 0 Å². The maximum Gasteiger partial charge on any atom is 0.282 e. The summed E-state index contributed by atoms with van der Waals surface area (Å²) in [7, 11) is 0. The Bertz CT molecular complexity index is 563. The highest BCUT2D eigenvalue weighted by Gasteiger charge is 2.02. The molecular weight excluding hydrogens is 224 g/mol. The maximum atomic E-state index is 11.0. The molecule has 0 saturated heterocycles. The van der Waals surface area contributed by atoms with E-state index in [1.54, 1.807) is 6.07 Å². The van der Waals surface area contributed by atoms with Crippen molar-refractivity contribution in [2.24, 2.45) is 0 Å². The maximum absolute atomic E-state index is 11.0. The van der Waals surface area contributed by atoms with Gasteiger partial charge in [0, 0.05) is 6.42 Å². The third kappa shape index (κ3) is 2.49. The predicted octanol–water partition coefficient (Wildman–Crippen LogP) is 2.32. The van der Waals surface area contributed by atoms with E-state index in [1.165, 1.54) is 5.56 Å². The van der Waals surface area contributed by atoms with Gasteiger partial charge in [0.15, 0.2) is 0 Å². The van der Waals surface area contributed by atoms with Gasteiger partial charge in [-0.25, -0.2) is 5.10 Å². The summed E-state index contributed by atoms with van der Waals surface area (Å²) in [6.45, 7) is 2.04. The molecule has 1 aromatic carbocycles. The van der Waals surface area contributed by atoms with Crippen LogP contribution >= 0.6 is 11.6 Å². The van der Waals surface area contributed by atoms with Gasteiger partial charge in [0.1, 0.15) is 5.02 Å². The zero-order valence-electron chi connectivity index (χ0n) is 8.83. The zero-order chi connectivity index (χ0) is 11.5. The molecule has 0 spiro atoms. The minimum absolute atomic E-state index is 0.178. The highest BCUT2D eigenvalue weighted by atomic mass is 35.5. The topological polar surface area (TPSA) is 45.8 Å². The second kappa shape index (κ2) is 4.49. The van der Waals surface area contributed by atoms with Gasteiger partial charge in [0.05, 0.1) is 5.69 Å². The number of H-pyrrole nitrogens is 1. The molecule has 1 heterocycles. The molecule has 0 fully saturated rings. The summed E-state index contributed by atoms with van der Waals surface area (Å²) in [4.78, 5) is 11.0. The molecular formula is C12H11ClN2O. The second-order valence-corrected chi connectivity index (χ2v) is 4.11. The molecule has 2 aromatic rings. The van der Waals surface area contributed by atoms with Crippen LogP contribution in [0.25, 0.3) is 0 Å². The van der Waals surface area contributed by atoms with Crippen molar-refractivity contribution in [1.82, 2.24) is 10.2 Å². The van der Waals surface area contributed by atoms with Crippen LogP contribution in [0.1, 0.15) is 16.8 Å². The molecule has 0 amide bonds. The average Bonchev–Trinajstić information content (AvgIpc) is 2.24. The van der Waals surface area contributed by atoms with Gasteiger partial charge in [-0.3, -0.25) is 4.79 Å². The van der Waals surface area contributed by atoms with Crippen LogP contribution < -0.4 is 5.56 Å². The van der Waals surface area contributed by atoms with Crippen molar-refractivity contribution in [2.45, 2.75) is 13.3 Å². The lowest BCUT2D eigenvalue weighted by molar-refractivity contribution is 0.910. The standard InChI is InChI=1S/C12H11ClN2O/c1-8-3-2-4-9(5-8)6-10-7-11(13)12(16)15-14-10/h2-5,7H,6H2,1H3,(H,15,16). The van der Waals surface area contributed by atoms with Crippen LogP contribution in [0, 0.1) is 6.92 Å². The first-order chi connectivity index (χ1) is 7.65. The highest BCUT2D eigenvalue weighted by molar-refractivity contribution is 6.30. The molecule has 82 valence electrons. The average molecular weight is 235 g/mol. The van der Waals surface area contributed by atoms with Crippen LogP contribution in [0.2, 0.25) is 5.02 Å². The molecule has 0 unspecified atom stereocenters. The summed E-state index contributed by atoms with van der Waals surface area (Å²) in [5.41, 5.74) is 2.76. The highest BCUT2D eigenvalue weighted by Crippen LogP contribution is 2.10. The fraction of sp³-hybridized carbons (Fsp3) is 0.167. The number of hydrogen-bond donors (Lipinski definition) is 1. The minimum atomic E-state index is -0.352. The van der Waals surface area contributed by atoms with Crippen molar-refractivity contribution in [2.75, 3.05) is 0 Å². The van der Waals surface area contributed by atoms with E-state index >= 15 is 0 Å². The Hall–Kier alpha value is -1.61. The van der Waals surface area contributed by atoms with Gasteiger partial charge in [-0.1, -0.05) is 41.4 Å². The summed E-state index contributed by atoms with van der Waals surface area (Å²) >= 11 is 5.73. The van der Waals surface area contributed by atoms with Crippen LogP contribution in [0.15, 0.2) is 35.1 Å². The van der Waals surface area contributed by atoms with Crippen molar-refractivity contribution in [3.05, 3.63) is 62.5 Å². The van der Waals surface area contributed by atoms with Crippen molar-refractivity contribution in [1.29, 1.82) is 0 Å². The van der Waals surface area contributed by atoms with E-state index in [0.29, 0.717) is 6.42 Å². The number of rotatable bonds is 2. The molecule has 2 rings (SSSR count). The number of aromatic amines is 1. The third-order valence-corrected chi connectivity index (χ3v) is 2.56. The van der Waals surface area contributed by atoms with Crippen molar-refractivity contribution in [3.8, 4) is 0 Å². The van der Waals surface area contributed by atoms with Crippen LogP contribution in [-0.2, 0) is 6.42 Å². The van der Waals surface area contributed by atoms with Crippen LogP contribution in [0.4, 0.5) is 0 Å². The molecule has 0 saturated carbocycles. The molecule has 0 atom stereocenters. The van der Waals surface area contributed by atoms with Crippen molar-refractivity contribution in [3.63, 3.8) is 0 Å². The van der Waals surface area contributed by atoms with Gasteiger partial charge in [-0.15, -0.1) is 0 Å². The van der Waals surface area contributed by atoms with Crippen LogP contribution in [0.5, 0.6) is 0 Å². The van der Waals surface area contributed by atoms with E-state index in [1.807, 2.05) is 25.1 Å². The van der Waals surface area contributed by atoms with E-state index in [2.05, 4.69) is 16.3 Å². The lowest BCUT2D eigenvalue weighted by Gasteiger charge is -2.02. The van der Waals surface area contributed by atoms with E-state index in [-0.39, 0.29) is 10.6 Å². The number of aryl methyl sites for hydroxylation is 1. The van der Waals surface area contributed by atoms with Crippen molar-refractivity contribution >= 4 is 11.6 Å². The minimum Gasteiger partial charge on any atom is -0.266 e. The Balaban J connectivity index is 2.27. The molecule has 1 aromatic heterocycles. The van der Waals surface area contributed by atoms with Gasteiger partial charge >= 0.3 is 0 Å². The smallest absolute Gasteiger partial charge is 0.266 e. The van der Waals surface area contributed by atoms with E-state index in [0.717, 1.165) is 11.3 Å². The lowest BCUT2D eigenvalue weighted by Crippen LogP contribution is -2.10. The SMILES string of the molecule is Cc1cccc(Cc2cc(Cl)c(=O)[nH]n2)c1. The Morgan fingerprint density at radius 1 is 1.38 bits per heavy atom.